The van der Waals surface area contributed by atoms with E-state index in [1.165, 1.54) is 31.5 Å². The van der Waals surface area contributed by atoms with Crippen LogP contribution in [0.2, 0.25) is 0 Å². The van der Waals surface area contributed by atoms with E-state index in [0.717, 1.165) is 48.8 Å². The molecule has 0 spiro atoms. The number of nitrogens with one attached hydrogen (secondary N) is 2. The fourth-order valence-electron chi connectivity index (χ4n) is 3.95. The molecule has 2 aliphatic carbocycles. The predicted octanol–water partition coefficient (Wildman–Crippen LogP) is 3.89. The third-order valence-electron chi connectivity index (χ3n) is 5.74. The molecule has 1 aromatic carbocycles. The largest absolute Gasteiger partial charge is 0.353 e. The summed E-state index contributed by atoms with van der Waals surface area (Å²) in [6.07, 6.45) is 6.71. The Balaban J connectivity index is 1.46. The van der Waals surface area contributed by atoms with Gasteiger partial charge in [-0.1, -0.05) is 24.8 Å². The maximum Gasteiger partial charge on any atom is 0.230 e. The molecule has 2 aliphatic rings. The van der Waals surface area contributed by atoms with Gasteiger partial charge in [-0.05, 0) is 62.6 Å². The van der Waals surface area contributed by atoms with Crippen LogP contribution >= 0.6 is 11.8 Å². The van der Waals surface area contributed by atoms with Crippen molar-refractivity contribution in [2.75, 3.05) is 11.1 Å². The number of rotatable bonds is 7. The standard InChI is InChI=1S/C22H29N5O2S/c1-14-6-10-17(11-7-14)24-20(29)13-30-22-26-25-21(16-8-9-16)27(22)19-5-3-4-18(12-19)23-15(2)28/h3-5,12,14,16-17H,6-11,13H2,1-2H3,(H,23,28)(H,24,29). The molecule has 0 aliphatic heterocycles. The van der Waals surface area contributed by atoms with E-state index < -0.39 is 0 Å². The molecule has 0 saturated heterocycles. The van der Waals surface area contributed by atoms with E-state index in [1.807, 2.05) is 28.8 Å². The number of aromatic nitrogens is 3. The maximum absolute atomic E-state index is 12.5. The first-order valence-corrected chi connectivity index (χ1v) is 11.7. The zero-order valence-electron chi connectivity index (χ0n) is 17.6. The molecule has 0 radical (unpaired) electrons. The first-order valence-electron chi connectivity index (χ1n) is 10.7. The molecule has 8 heteroatoms. The summed E-state index contributed by atoms with van der Waals surface area (Å²) in [5.41, 5.74) is 1.63. The van der Waals surface area contributed by atoms with Crippen LogP contribution in [0, 0.1) is 5.92 Å². The van der Waals surface area contributed by atoms with E-state index in [-0.39, 0.29) is 11.8 Å². The van der Waals surface area contributed by atoms with Crippen LogP contribution in [-0.2, 0) is 9.59 Å². The van der Waals surface area contributed by atoms with Crippen LogP contribution in [0.4, 0.5) is 5.69 Å². The average molecular weight is 428 g/mol. The lowest BCUT2D eigenvalue weighted by molar-refractivity contribution is -0.119. The fraction of sp³-hybridized carbons (Fsp3) is 0.545. The van der Waals surface area contributed by atoms with Crippen molar-refractivity contribution in [1.29, 1.82) is 0 Å². The summed E-state index contributed by atoms with van der Waals surface area (Å²) in [6.45, 7) is 3.77. The molecule has 1 aromatic heterocycles. The molecule has 160 valence electrons. The number of hydrogen-bond donors (Lipinski definition) is 2. The van der Waals surface area contributed by atoms with Crippen LogP contribution in [0.15, 0.2) is 29.4 Å². The highest BCUT2D eigenvalue weighted by Gasteiger charge is 2.31. The highest BCUT2D eigenvalue weighted by Crippen LogP contribution is 2.41. The molecule has 2 fully saturated rings. The van der Waals surface area contributed by atoms with Crippen LogP contribution in [0.5, 0.6) is 0 Å². The molecular weight excluding hydrogens is 398 g/mol. The third kappa shape index (κ3) is 5.22. The van der Waals surface area contributed by atoms with Gasteiger partial charge in [0.05, 0.1) is 11.4 Å². The molecule has 0 atom stereocenters. The molecule has 2 amide bonds. The van der Waals surface area contributed by atoms with E-state index in [2.05, 4.69) is 27.8 Å². The smallest absolute Gasteiger partial charge is 0.230 e. The highest BCUT2D eigenvalue weighted by atomic mass is 32.2. The fourth-order valence-corrected chi connectivity index (χ4v) is 4.72. The van der Waals surface area contributed by atoms with Crippen molar-refractivity contribution in [3.63, 3.8) is 0 Å². The topological polar surface area (TPSA) is 88.9 Å². The summed E-state index contributed by atoms with van der Waals surface area (Å²) in [4.78, 5) is 23.9. The number of thioether (sulfide) groups is 1. The number of hydrogen-bond acceptors (Lipinski definition) is 5. The Morgan fingerprint density at radius 2 is 1.90 bits per heavy atom. The highest BCUT2D eigenvalue weighted by molar-refractivity contribution is 7.99. The second kappa shape index (κ2) is 9.20. The van der Waals surface area contributed by atoms with Gasteiger partial charge in [-0.15, -0.1) is 10.2 Å². The van der Waals surface area contributed by atoms with Crippen LogP contribution in [-0.4, -0.2) is 38.4 Å². The number of amides is 2. The Kier molecular flexibility index (Phi) is 6.41. The molecule has 2 N–H and O–H groups in total. The molecule has 4 rings (SSSR count). The summed E-state index contributed by atoms with van der Waals surface area (Å²) in [5, 5.41) is 15.5. The summed E-state index contributed by atoms with van der Waals surface area (Å²) in [7, 11) is 0. The van der Waals surface area contributed by atoms with Gasteiger partial charge in [0.2, 0.25) is 11.8 Å². The minimum absolute atomic E-state index is 0.0501. The number of nitrogens with zero attached hydrogens (tertiary/aromatic N) is 3. The van der Waals surface area contributed by atoms with E-state index in [4.69, 9.17) is 0 Å². The van der Waals surface area contributed by atoms with Crippen LogP contribution in [0.25, 0.3) is 5.69 Å². The van der Waals surface area contributed by atoms with Crippen molar-refractivity contribution in [3.8, 4) is 5.69 Å². The number of carbonyl (C=O) groups excluding carboxylic acids is 2. The van der Waals surface area contributed by atoms with Gasteiger partial charge in [0.15, 0.2) is 5.16 Å². The van der Waals surface area contributed by atoms with Gasteiger partial charge < -0.3 is 10.6 Å². The normalized spacial score (nSPS) is 21.3. The van der Waals surface area contributed by atoms with Crippen LogP contribution in [0.3, 0.4) is 0 Å². The molecule has 7 nitrogen and oxygen atoms in total. The van der Waals surface area contributed by atoms with Gasteiger partial charge >= 0.3 is 0 Å². The van der Waals surface area contributed by atoms with Gasteiger partial charge in [-0.2, -0.15) is 0 Å². The van der Waals surface area contributed by atoms with Gasteiger partial charge in [0, 0.05) is 24.6 Å². The summed E-state index contributed by atoms with van der Waals surface area (Å²) >= 11 is 1.41. The molecule has 2 aromatic rings. The van der Waals surface area contributed by atoms with E-state index in [9.17, 15) is 9.59 Å². The monoisotopic (exact) mass is 427 g/mol. The number of benzene rings is 1. The number of carbonyl (C=O) groups is 2. The SMILES string of the molecule is CC(=O)Nc1cccc(-n2c(SCC(=O)NC3CCC(C)CC3)nnc2C2CC2)c1. The summed E-state index contributed by atoms with van der Waals surface area (Å²) in [6, 6.07) is 7.96. The third-order valence-corrected chi connectivity index (χ3v) is 6.67. The minimum Gasteiger partial charge on any atom is -0.353 e. The Morgan fingerprint density at radius 3 is 2.60 bits per heavy atom. The van der Waals surface area contributed by atoms with Crippen LogP contribution in [0.1, 0.15) is 64.1 Å². The molecule has 0 bridgehead atoms. The Bertz CT molecular complexity index is 916. The molecule has 0 unspecified atom stereocenters. The lowest BCUT2D eigenvalue weighted by Crippen LogP contribution is -2.38. The maximum atomic E-state index is 12.5. The van der Waals surface area contributed by atoms with E-state index >= 15 is 0 Å². The Labute approximate surface area is 181 Å². The van der Waals surface area contributed by atoms with Crippen molar-refractivity contribution >= 4 is 29.3 Å². The summed E-state index contributed by atoms with van der Waals surface area (Å²) < 4.78 is 2.03. The Hall–Kier alpha value is -2.35. The predicted molar refractivity (Wildman–Crippen MR) is 118 cm³/mol. The van der Waals surface area contributed by atoms with Crippen molar-refractivity contribution in [3.05, 3.63) is 30.1 Å². The van der Waals surface area contributed by atoms with Crippen molar-refractivity contribution < 1.29 is 9.59 Å². The molecule has 1 heterocycles. The second-order valence-corrected chi connectivity index (χ2v) is 9.44. The second-order valence-electron chi connectivity index (χ2n) is 8.49. The van der Waals surface area contributed by atoms with Crippen molar-refractivity contribution in [2.45, 2.75) is 69.5 Å². The number of anilines is 1. The van der Waals surface area contributed by atoms with Crippen LogP contribution < -0.4 is 10.6 Å². The van der Waals surface area contributed by atoms with Crippen molar-refractivity contribution in [1.82, 2.24) is 20.1 Å². The Morgan fingerprint density at radius 1 is 1.13 bits per heavy atom. The van der Waals surface area contributed by atoms with Gasteiger partial charge in [0.1, 0.15) is 5.82 Å². The first-order chi connectivity index (χ1) is 14.5. The quantitative estimate of drug-likeness (QED) is 0.655. The van der Waals surface area contributed by atoms with E-state index in [1.54, 1.807) is 0 Å². The van der Waals surface area contributed by atoms with E-state index in [0.29, 0.717) is 22.9 Å². The zero-order valence-corrected chi connectivity index (χ0v) is 18.4. The zero-order chi connectivity index (χ0) is 21.1. The van der Waals surface area contributed by atoms with Gasteiger partial charge in [-0.3, -0.25) is 14.2 Å². The molecule has 2 saturated carbocycles. The average Bonchev–Trinajstić information content (AvgIpc) is 3.47. The lowest BCUT2D eigenvalue weighted by atomic mass is 9.87. The first kappa shape index (κ1) is 20.9. The molecular formula is C22H29N5O2S. The summed E-state index contributed by atoms with van der Waals surface area (Å²) in [5.74, 6) is 2.37. The lowest BCUT2D eigenvalue weighted by Gasteiger charge is -2.26. The van der Waals surface area contributed by atoms with Crippen molar-refractivity contribution in [2.24, 2.45) is 5.92 Å². The molecule has 30 heavy (non-hydrogen) atoms. The van der Waals surface area contributed by atoms with Gasteiger partial charge in [0.25, 0.3) is 0 Å². The minimum atomic E-state index is -0.110. The van der Waals surface area contributed by atoms with Gasteiger partial charge in [-0.25, -0.2) is 0 Å².